The SMILES string of the molecule is Cc1cccc(CCNC(=O)[C@@H]2CCCN2)c1. The molecule has 1 fully saturated rings. The van der Waals surface area contributed by atoms with E-state index in [1.165, 1.54) is 11.1 Å². The smallest absolute Gasteiger partial charge is 0.237 e. The first-order valence-electron chi connectivity index (χ1n) is 6.32. The number of hydrogen-bond donors (Lipinski definition) is 2. The number of rotatable bonds is 4. The molecule has 1 aliphatic rings. The lowest BCUT2D eigenvalue weighted by Crippen LogP contribution is -2.41. The zero-order chi connectivity index (χ0) is 12.1. The summed E-state index contributed by atoms with van der Waals surface area (Å²) < 4.78 is 0. The lowest BCUT2D eigenvalue weighted by Gasteiger charge is -2.11. The molecule has 2 N–H and O–H groups in total. The molecule has 3 nitrogen and oxygen atoms in total. The molecule has 1 aliphatic heterocycles. The van der Waals surface area contributed by atoms with Crippen LogP contribution in [-0.4, -0.2) is 25.0 Å². The topological polar surface area (TPSA) is 41.1 Å². The molecule has 92 valence electrons. The third kappa shape index (κ3) is 3.56. The summed E-state index contributed by atoms with van der Waals surface area (Å²) in [6.45, 7) is 3.78. The number of aryl methyl sites for hydroxylation is 1. The fourth-order valence-corrected chi connectivity index (χ4v) is 2.23. The van der Waals surface area contributed by atoms with Crippen molar-refractivity contribution in [2.45, 2.75) is 32.2 Å². The Morgan fingerprint density at radius 3 is 3.12 bits per heavy atom. The molecule has 0 spiro atoms. The third-order valence-corrected chi connectivity index (χ3v) is 3.17. The van der Waals surface area contributed by atoms with Crippen LogP contribution in [0.15, 0.2) is 24.3 Å². The lowest BCUT2D eigenvalue weighted by molar-refractivity contribution is -0.122. The van der Waals surface area contributed by atoms with Crippen LogP contribution in [0.4, 0.5) is 0 Å². The predicted molar refractivity (Wildman–Crippen MR) is 68.9 cm³/mol. The van der Waals surface area contributed by atoms with Crippen molar-refractivity contribution in [1.82, 2.24) is 10.6 Å². The van der Waals surface area contributed by atoms with E-state index in [0.29, 0.717) is 0 Å². The van der Waals surface area contributed by atoms with Gasteiger partial charge in [0.05, 0.1) is 6.04 Å². The first-order valence-corrected chi connectivity index (χ1v) is 6.32. The number of benzene rings is 1. The maximum atomic E-state index is 11.7. The molecule has 2 rings (SSSR count). The predicted octanol–water partition coefficient (Wildman–Crippen LogP) is 1.41. The summed E-state index contributed by atoms with van der Waals surface area (Å²) in [7, 11) is 0. The van der Waals surface area contributed by atoms with Crippen LogP contribution in [0.2, 0.25) is 0 Å². The van der Waals surface area contributed by atoms with Crippen molar-refractivity contribution >= 4 is 5.91 Å². The molecule has 0 radical (unpaired) electrons. The van der Waals surface area contributed by atoms with Crippen LogP contribution in [0.3, 0.4) is 0 Å². The molecule has 17 heavy (non-hydrogen) atoms. The van der Waals surface area contributed by atoms with E-state index in [2.05, 4.69) is 41.8 Å². The van der Waals surface area contributed by atoms with Gasteiger partial charge in [-0.15, -0.1) is 0 Å². The van der Waals surface area contributed by atoms with Gasteiger partial charge in [0.2, 0.25) is 5.91 Å². The van der Waals surface area contributed by atoms with Crippen molar-refractivity contribution in [3.8, 4) is 0 Å². The van der Waals surface area contributed by atoms with E-state index in [4.69, 9.17) is 0 Å². The van der Waals surface area contributed by atoms with Gasteiger partial charge in [-0.05, 0) is 38.3 Å². The van der Waals surface area contributed by atoms with Gasteiger partial charge in [0.25, 0.3) is 0 Å². The number of nitrogens with one attached hydrogen (secondary N) is 2. The highest BCUT2D eigenvalue weighted by Crippen LogP contribution is 2.06. The van der Waals surface area contributed by atoms with Crippen LogP contribution in [0.5, 0.6) is 0 Å². The first kappa shape index (κ1) is 12.1. The zero-order valence-corrected chi connectivity index (χ0v) is 10.3. The minimum atomic E-state index is 0.0347. The number of amides is 1. The van der Waals surface area contributed by atoms with Crippen LogP contribution in [0.25, 0.3) is 0 Å². The van der Waals surface area contributed by atoms with E-state index in [1.54, 1.807) is 0 Å². The van der Waals surface area contributed by atoms with Crippen molar-refractivity contribution in [1.29, 1.82) is 0 Å². The van der Waals surface area contributed by atoms with Crippen LogP contribution >= 0.6 is 0 Å². The van der Waals surface area contributed by atoms with Gasteiger partial charge in [-0.1, -0.05) is 29.8 Å². The molecule has 1 aromatic rings. The minimum Gasteiger partial charge on any atom is -0.354 e. The maximum absolute atomic E-state index is 11.7. The van der Waals surface area contributed by atoms with E-state index in [0.717, 1.165) is 32.4 Å². The van der Waals surface area contributed by atoms with Gasteiger partial charge < -0.3 is 10.6 Å². The second-order valence-corrected chi connectivity index (χ2v) is 4.68. The Labute approximate surface area is 103 Å². The maximum Gasteiger partial charge on any atom is 0.237 e. The zero-order valence-electron chi connectivity index (χ0n) is 10.3. The molecule has 0 aromatic heterocycles. The number of carbonyl (C=O) groups excluding carboxylic acids is 1. The minimum absolute atomic E-state index is 0.0347. The summed E-state index contributed by atoms with van der Waals surface area (Å²) >= 11 is 0. The van der Waals surface area contributed by atoms with Crippen molar-refractivity contribution in [3.63, 3.8) is 0 Å². The van der Waals surface area contributed by atoms with E-state index >= 15 is 0 Å². The molecule has 0 aliphatic carbocycles. The Morgan fingerprint density at radius 1 is 1.53 bits per heavy atom. The van der Waals surface area contributed by atoms with E-state index < -0.39 is 0 Å². The molecule has 0 saturated carbocycles. The second kappa shape index (κ2) is 5.82. The summed E-state index contributed by atoms with van der Waals surface area (Å²) in [5.74, 6) is 0.148. The normalized spacial score (nSPS) is 19.2. The molecular formula is C14H20N2O. The van der Waals surface area contributed by atoms with Gasteiger partial charge in [0, 0.05) is 6.54 Å². The van der Waals surface area contributed by atoms with Gasteiger partial charge in [-0.25, -0.2) is 0 Å². The van der Waals surface area contributed by atoms with Gasteiger partial charge in [0.1, 0.15) is 0 Å². The number of hydrogen-bond acceptors (Lipinski definition) is 2. The molecule has 1 amide bonds. The van der Waals surface area contributed by atoms with Gasteiger partial charge in [0.15, 0.2) is 0 Å². The van der Waals surface area contributed by atoms with Gasteiger partial charge in [-0.3, -0.25) is 4.79 Å². The monoisotopic (exact) mass is 232 g/mol. The van der Waals surface area contributed by atoms with Crippen LogP contribution in [0.1, 0.15) is 24.0 Å². The van der Waals surface area contributed by atoms with Gasteiger partial charge in [-0.2, -0.15) is 0 Å². The highest BCUT2D eigenvalue weighted by atomic mass is 16.2. The van der Waals surface area contributed by atoms with E-state index in [-0.39, 0.29) is 11.9 Å². The quantitative estimate of drug-likeness (QED) is 0.824. The van der Waals surface area contributed by atoms with Crippen LogP contribution in [0, 0.1) is 6.92 Å². The molecule has 1 aromatic carbocycles. The Bertz CT molecular complexity index is 384. The van der Waals surface area contributed by atoms with Crippen molar-refractivity contribution in [2.75, 3.05) is 13.1 Å². The molecule has 3 heteroatoms. The van der Waals surface area contributed by atoms with E-state index in [9.17, 15) is 4.79 Å². The van der Waals surface area contributed by atoms with Crippen molar-refractivity contribution in [2.24, 2.45) is 0 Å². The van der Waals surface area contributed by atoms with Crippen molar-refractivity contribution < 1.29 is 4.79 Å². The Balaban J connectivity index is 1.73. The summed E-state index contributed by atoms with van der Waals surface area (Å²) in [5, 5.41) is 6.19. The number of carbonyl (C=O) groups is 1. The molecule has 1 atom stereocenters. The molecular weight excluding hydrogens is 212 g/mol. The molecule has 0 unspecified atom stereocenters. The first-order chi connectivity index (χ1) is 8.25. The van der Waals surface area contributed by atoms with Crippen molar-refractivity contribution in [3.05, 3.63) is 35.4 Å². The Morgan fingerprint density at radius 2 is 2.41 bits per heavy atom. The Kier molecular flexibility index (Phi) is 4.15. The molecule has 0 bridgehead atoms. The third-order valence-electron chi connectivity index (χ3n) is 3.17. The molecule has 1 heterocycles. The Hall–Kier alpha value is -1.35. The highest BCUT2D eigenvalue weighted by molar-refractivity contribution is 5.81. The fraction of sp³-hybridized carbons (Fsp3) is 0.500. The van der Waals surface area contributed by atoms with E-state index in [1.807, 2.05) is 0 Å². The van der Waals surface area contributed by atoms with Gasteiger partial charge >= 0.3 is 0 Å². The summed E-state index contributed by atoms with van der Waals surface area (Å²) in [4.78, 5) is 11.7. The second-order valence-electron chi connectivity index (χ2n) is 4.68. The average molecular weight is 232 g/mol. The largest absolute Gasteiger partial charge is 0.354 e. The lowest BCUT2D eigenvalue weighted by atomic mass is 10.1. The fourth-order valence-electron chi connectivity index (χ4n) is 2.23. The summed E-state index contributed by atoms with van der Waals surface area (Å²) in [5.41, 5.74) is 2.55. The van der Waals surface area contributed by atoms with Crippen LogP contribution < -0.4 is 10.6 Å². The molecule has 1 saturated heterocycles. The average Bonchev–Trinajstić information content (AvgIpc) is 2.82. The summed E-state index contributed by atoms with van der Waals surface area (Å²) in [6, 6.07) is 8.45. The van der Waals surface area contributed by atoms with Crippen LogP contribution in [-0.2, 0) is 11.2 Å². The summed E-state index contributed by atoms with van der Waals surface area (Å²) in [6.07, 6.45) is 2.98. The highest BCUT2D eigenvalue weighted by Gasteiger charge is 2.20. The standard InChI is InChI=1S/C14H20N2O/c1-11-4-2-5-12(10-11)7-9-16-14(17)13-6-3-8-15-13/h2,4-5,10,13,15H,3,6-9H2,1H3,(H,16,17)/t13-/m0/s1.